The van der Waals surface area contributed by atoms with E-state index in [2.05, 4.69) is 55.1 Å². The Kier molecular flexibility index (Phi) is 9.53. The second-order valence-corrected chi connectivity index (χ2v) is 13.8. The summed E-state index contributed by atoms with van der Waals surface area (Å²) in [6, 6.07) is 32.1. The number of carbonyl (C=O) groups excluding carboxylic acids is 2. The van der Waals surface area contributed by atoms with Crippen LogP contribution < -0.4 is 20.9 Å². The van der Waals surface area contributed by atoms with E-state index >= 15 is 0 Å². The Morgan fingerprint density at radius 1 is 0.906 bits per heavy atom. The molecule has 4 heterocycles. The molecule has 4 aromatic carbocycles. The fraction of sp³-hybridized carbons (Fsp3) is 0.171. The fourth-order valence-electron chi connectivity index (χ4n) is 6.88. The number of phenols is 1. The highest BCUT2D eigenvalue weighted by Crippen LogP contribution is 2.35. The van der Waals surface area contributed by atoms with Crippen molar-refractivity contribution >= 4 is 46.5 Å². The van der Waals surface area contributed by atoms with Crippen LogP contribution in [0.4, 0.5) is 22.9 Å². The first-order valence-corrected chi connectivity index (χ1v) is 18.7. The predicted octanol–water partition coefficient (Wildman–Crippen LogP) is 7.13. The van der Waals surface area contributed by atoms with E-state index in [1.54, 1.807) is 29.3 Å². The highest BCUT2D eigenvalue weighted by molar-refractivity contribution is 7.98. The van der Waals surface area contributed by atoms with Crippen LogP contribution in [0, 0.1) is 0 Å². The summed E-state index contributed by atoms with van der Waals surface area (Å²) in [6.45, 7) is 4.47. The maximum Gasteiger partial charge on any atom is 0.256 e. The molecule has 266 valence electrons. The quantitative estimate of drug-likeness (QED) is 0.0936. The Labute approximate surface area is 311 Å². The summed E-state index contributed by atoms with van der Waals surface area (Å²) in [4.78, 5) is 43.8. The zero-order valence-corrected chi connectivity index (χ0v) is 29.9. The van der Waals surface area contributed by atoms with Gasteiger partial charge in [-0.05, 0) is 78.5 Å². The molecule has 11 nitrogen and oxygen atoms in total. The molecule has 5 N–H and O–H groups in total. The number of pyridine rings is 1. The van der Waals surface area contributed by atoms with E-state index in [1.165, 1.54) is 23.5 Å². The molecular weight excluding hydrogens is 685 g/mol. The zero-order valence-electron chi connectivity index (χ0n) is 29.1. The first kappa shape index (κ1) is 34.0. The first-order valence-electron chi connectivity index (χ1n) is 17.5. The molecule has 2 aromatic heterocycles. The van der Waals surface area contributed by atoms with Gasteiger partial charge in [-0.25, -0.2) is 9.97 Å². The molecule has 2 aliphatic rings. The van der Waals surface area contributed by atoms with Gasteiger partial charge in [0.05, 0.1) is 17.9 Å². The number of thioether (sulfide) groups is 1. The number of nitrogens with one attached hydrogen (secondary N) is 4. The lowest BCUT2D eigenvalue weighted by atomic mass is 10.0. The summed E-state index contributed by atoms with van der Waals surface area (Å²) in [6.07, 6.45) is 3.74. The molecule has 0 bridgehead atoms. The van der Waals surface area contributed by atoms with Gasteiger partial charge >= 0.3 is 0 Å². The Bertz CT molecular complexity index is 2300. The maximum atomic E-state index is 13.8. The lowest BCUT2D eigenvalue weighted by Gasteiger charge is -2.29. The second kappa shape index (κ2) is 14.9. The molecule has 12 heteroatoms. The average Bonchev–Trinajstić information content (AvgIpc) is 3.77. The van der Waals surface area contributed by atoms with E-state index < -0.39 is 5.91 Å². The van der Waals surface area contributed by atoms with E-state index in [9.17, 15) is 14.7 Å². The summed E-state index contributed by atoms with van der Waals surface area (Å²) >= 11 is 1.51. The van der Waals surface area contributed by atoms with Gasteiger partial charge < -0.3 is 35.8 Å². The van der Waals surface area contributed by atoms with Gasteiger partial charge in [-0.15, -0.1) is 0 Å². The van der Waals surface area contributed by atoms with Crippen LogP contribution in [0.2, 0.25) is 0 Å². The minimum atomic E-state index is -0.393. The number of aromatic amines is 1. The second-order valence-electron chi connectivity index (χ2n) is 13.0. The Morgan fingerprint density at radius 2 is 1.72 bits per heavy atom. The summed E-state index contributed by atoms with van der Waals surface area (Å²) in [7, 11) is 0. The summed E-state index contributed by atoms with van der Waals surface area (Å²) in [5, 5.41) is 21.4. The van der Waals surface area contributed by atoms with Crippen molar-refractivity contribution in [2.24, 2.45) is 0 Å². The number of piperazine rings is 1. The van der Waals surface area contributed by atoms with Gasteiger partial charge in [0.1, 0.15) is 11.6 Å². The SMILES string of the molecule is CSc1nc(-c2cccc(NC(=O)c3cccc(O)c3CN3Cc4ccccc4C3=O)c2)c(-c2ccnc(Nc3ccc(N4CCNCC4)cc3)c2)[nH]1. The van der Waals surface area contributed by atoms with Crippen molar-refractivity contribution in [2.45, 2.75) is 18.2 Å². The molecule has 6 aromatic rings. The zero-order chi connectivity index (χ0) is 36.3. The van der Waals surface area contributed by atoms with Gasteiger partial charge in [0.2, 0.25) is 0 Å². The number of aromatic hydroxyl groups is 1. The molecule has 8 rings (SSSR count). The minimum absolute atomic E-state index is 0.0423. The largest absolute Gasteiger partial charge is 0.508 e. The van der Waals surface area contributed by atoms with E-state index in [0.29, 0.717) is 34.7 Å². The minimum Gasteiger partial charge on any atom is -0.508 e. The van der Waals surface area contributed by atoms with Crippen LogP contribution in [0.25, 0.3) is 22.5 Å². The molecule has 0 spiro atoms. The predicted molar refractivity (Wildman–Crippen MR) is 210 cm³/mol. The highest BCUT2D eigenvalue weighted by Gasteiger charge is 2.29. The van der Waals surface area contributed by atoms with E-state index in [-0.39, 0.29) is 18.2 Å². The molecule has 53 heavy (non-hydrogen) atoms. The maximum absolute atomic E-state index is 13.8. The number of phenolic OH excluding ortho intramolecular Hbond substituents is 1. The van der Waals surface area contributed by atoms with Gasteiger partial charge in [0.25, 0.3) is 11.8 Å². The third-order valence-electron chi connectivity index (χ3n) is 9.58. The van der Waals surface area contributed by atoms with Crippen LogP contribution in [0.5, 0.6) is 5.75 Å². The molecule has 0 radical (unpaired) electrons. The number of anilines is 4. The number of hydrogen-bond donors (Lipinski definition) is 5. The van der Waals surface area contributed by atoms with Crippen LogP contribution in [-0.4, -0.2) is 69.2 Å². The van der Waals surface area contributed by atoms with Crippen molar-refractivity contribution in [2.75, 3.05) is 48.0 Å². The first-order chi connectivity index (χ1) is 25.9. The molecule has 0 atom stereocenters. The van der Waals surface area contributed by atoms with Gasteiger partial charge in [-0.1, -0.05) is 48.2 Å². The van der Waals surface area contributed by atoms with Gasteiger partial charge in [-0.3, -0.25) is 9.59 Å². The average molecular weight is 723 g/mol. The van der Waals surface area contributed by atoms with Gasteiger partial charge in [0.15, 0.2) is 5.16 Å². The van der Waals surface area contributed by atoms with Crippen LogP contribution in [0.15, 0.2) is 114 Å². The molecule has 1 fully saturated rings. The van der Waals surface area contributed by atoms with Crippen molar-refractivity contribution in [3.05, 3.63) is 132 Å². The third-order valence-corrected chi connectivity index (χ3v) is 10.2. The number of imidazole rings is 1. The topological polar surface area (TPSA) is 139 Å². The standard InChI is InChI=1S/C41H38N8O3S/c1-53-41-46-37(38(47-41)27-16-17-43-36(23-27)44-29-12-14-31(15-13-29)48-20-18-42-19-21-48)26-7-4-8-30(22-26)45-39(51)33-10-5-11-35(50)34(33)25-49-24-28-6-2-3-9-32(28)40(49)52/h2-17,22-23,42,50H,18-21,24-25H2,1H3,(H,43,44)(H,45,51)(H,46,47). The van der Waals surface area contributed by atoms with E-state index in [4.69, 9.17) is 4.98 Å². The van der Waals surface area contributed by atoms with Gasteiger partial charge in [-0.2, -0.15) is 0 Å². The lowest BCUT2D eigenvalue weighted by Crippen LogP contribution is -2.43. The van der Waals surface area contributed by atoms with Crippen LogP contribution in [0.3, 0.4) is 0 Å². The van der Waals surface area contributed by atoms with Gasteiger partial charge in [0, 0.05) is 83.8 Å². The van der Waals surface area contributed by atoms with Crippen molar-refractivity contribution in [3.8, 4) is 28.3 Å². The number of amides is 2. The van der Waals surface area contributed by atoms with Crippen LogP contribution >= 0.6 is 11.8 Å². The normalized spacial score (nSPS) is 13.9. The number of hydrogen-bond acceptors (Lipinski definition) is 9. The molecule has 2 amide bonds. The lowest BCUT2D eigenvalue weighted by molar-refractivity contribution is 0.0763. The number of H-pyrrole nitrogens is 1. The molecule has 0 saturated carbocycles. The van der Waals surface area contributed by atoms with E-state index in [1.807, 2.05) is 60.9 Å². The molecule has 0 aliphatic carbocycles. The third kappa shape index (κ3) is 7.19. The number of fused-ring (bicyclic) bond motifs is 1. The van der Waals surface area contributed by atoms with Crippen LogP contribution in [0.1, 0.15) is 31.8 Å². The Balaban J connectivity index is 1.01. The van der Waals surface area contributed by atoms with Crippen molar-refractivity contribution in [1.29, 1.82) is 0 Å². The Morgan fingerprint density at radius 3 is 2.53 bits per heavy atom. The molecule has 2 aliphatic heterocycles. The summed E-state index contributed by atoms with van der Waals surface area (Å²) in [5.74, 6) is 0.139. The number of carbonyl (C=O) groups is 2. The highest BCUT2D eigenvalue weighted by atomic mass is 32.2. The fourth-order valence-corrected chi connectivity index (χ4v) is 7.26. The summed E-state index contributed by atoms with van der Waals surface area (Å²) < 4.78 is 0. The number of nitrogens with zero attached hydrogens (tertiary/aromatic N) is 4. The smallest absolute Gasteiger partial charge is 0.256 e. The molecule has 1 saturated heterocycles. The summed E-state index contributed by atoms with van der Waals surface area (Å²) in [5.41, 5.74) is 8.22. The number of benzene rings is 4. The monoisotopic (exact) mass is 722 g/mol. The number of rotatable bonds is 10. The number of aromatic nitrogens is 3. The van der Waals surface area contributed by atoms with Crippen LogP contribution in [-0.2, 0) is 13.1 Å². The Hall–Kier alpha value is -6.11. The molecular formula is C41H38N8O3S. The van der Waals surface area contributed by atoms with E-state index in [0.717, 1.165) is 65.1 Å². The van der Waals surface area contributed by atoms with Crippen molar-refractivity contribution in [3.63, 3.8) is 0 Å². The van der Waals surface area contributed by atoms with Crippen molar-refractivity contribution in [1.82, 2.24) is 25.2 Å². The van der Waals surface area contributed by atoms with Crippen molar-refractivity contribution < 1.29 is 14.7 Å². The molecule has 0 unspecified atom stereocenters.